The summed E-state index contributed by atoms with van der Waals surface area (Å²) in [6.45, 7) is 23.8. The first kappa shape index (κ1) is 62.1. The lowest BCUT2D eigenvalue weighted by molar-refractivity contribution is 0.261. The van der Waals surface area contributed by atoms with Crippen molar-refractivity contribution in [3.8, 4) is 45.3 Å². The average Bonchev–Trinajstić information content (AvgIpc) is 1.51. The number of aryl methyl sites for hydroxylation is 2. The van der Waals surface area contributed by atoms with Gasteiger partial charge in [-0.15, -0.1) is 13.2 Å². The van der Waals surface area contributed by atoms with Crippen molar-refractivity contribution in [1.82, 2.24) is 0 Å². The Bertz CT molecular complexity index is 3920. The van der Waals surface area contributed by atoms with Gasteiger partial charge in [-0.25, -0.2) is 0 Å². The Morgan fingerprint density at radius 2 is 0.638 bits per heavy atom. The van der Waals surface area contributed by atoms with Crippen LogP contribution < -0.4 is 29.3 Å². The Balaban J connectivity index is 0.684. The Morgan fingerprint density at radius 1 is 0.372 bits per heavy atom. The van der Waals surface area contributed by atoms with Crippen LogP contribution in [0.3, 0.4) is 0 Å². The molecule has 15 rings (SSSR count). The molecule has 0 spiro atoms. The third-order valence-electron chi connectivity index (χ3n) is 20.9. The standard InChI is InChI=1S/C84H86O8Si2/c1-7-19-57-45-61(31-39-79(57)89-53-65-49-85-65)83(75-27-13-9-23-71(75)72-24-10-14-28-76(72)83)63-33-41-81(91-55-67-51-87-67)59(47-63)21-17-43-93(3,4)69-35-37-70(38-36-69)94(5,6)44-18-22-60-48-64(34-42-82(60)92-56-68-52-88-68)84(77-29-15-11-25-73(77)74-26-12-16-30-78(74)84)62-32-40-80(58(46-62)20-8-2)90-54-66-50-86-66/h7-16,23-42,45-48,65-68H,1-2,17-22,43-44,49-56H2,3-6H3. The van der Waals surface area contributed by atoms with Crippen molar-refractivity contribution in [3.63, 3.8) is 0 Å². The molecule has 4 fully saturated rings. The van der Waals surface area contributed by atoms with Crippen molar-refractivity contribution < 1.29 is 37.9 Å². The molecule has 6 aliphatic rings. The van der Waals surface area contributed by atoms with E-state index in [0.717, 1.165) is 98.3 Å². The smallest absolute Gasteiger partial charge is 0.122 e. The summed E-state index contributed by atoms with van der Waals surface area (Å²) in [4.78, 5) is 0. The van der Waals surface area contributed by atoms with Gasteiger partial charge in [0.15, 0.2) is 0 Å². The van der Waals surface area contributed by atoms with Crippen LogP contribution in [0.2, 0.25) is 38.3 Å². The summed E-state index contributed by atoms with van der Waals surface area (Å²) in [6, 6.07) is 76.0. The van der Waals surface area contributed by atoms with Gasteiger partial charge in [-0.2, -0.15) is 0 Å². The van der Waals surface area contributed by atoms with Crippen molar-refractivity contribution in [2.24, 2.45) is 0 Å². The van der Waals surface area contributed by atoms with Crippen LogP contribution in [-0.2, 0) is 55.5 Å². The average molecular weight is 1280 g/mol. The summed E-state index contributed by atoms with van der Waals surface area (Å²) >= 11 is 0. The first-order valence-corrected chi connectivity index (χ1v) is 40.6. The van der Waals surface area contributed by atoms with Crippen LogP contribution >= 0.6 is 0 Å². The lowest BCUT2D eigenvalue weighted by atomic mass is 9.67. The minimum atomic E-state index is -1.90. The zero-order chi connectivity index (χ0) is 64.0. The molecule has 0 N–H and O–H groups in total. The predicted octanol–water partition coefficient (Wildman–Crippen LogP) is 16.1. The van der Waals surface area contributed by atoms with E-state index in [0.29, 0.717) is 39.3 Å². The number of hydrogen-bond acceptors (Lipinski definition) is 8. The largest absolute Gasteiger partial charge is 0.491 e. The molecule has 4 atom stereocenters. The van der Waals surface area contributed by atoms with Gasteiger partial charge >= 0.3 is 0 Å². The van der Waals surface area contributed by atoms with E-state index in [2.05, 4.69) is 233 Å². The molecule has 8 nitrogen and oxygen atoms in total. The molecule has 4 aliphatic heterocycles. The van der Waals surface area contributed by atoms with Gasteiger partial charge in [0.25, 0.3) is 0 Å². The third kappa shape index (κ3) is 12.2. The molecule has 2 aliphatic carbocycles. The van der Waals surface area contributed by atoms with E-state index < -0.39 is 27.0 Å². The Hall–Kier alpha value is -8.07. The highest BCUT2D eigenvalue weighted by atomic mass is 28.3. The maximum atomic E-state index is 6.70. The van der Waals surface area contributed by atoms with Gasteiger partial charge in [-0.05, 0) is 139 Å². The Kier molecular flexibility index (Phi) is 17.1. The summed E-state index contributed by atoms with van der Waals surface area (Å²) in [7, 11) is -3.79. The van der Waals surface area contributed by atoms with E-state index >= 15 is 0 Å². The molecular formula is C84H86O8Si2. The van der Waals surface area contributed by atoms with E-state index in [1.54, 1.807) is 0 Å². The van der Waals surface area contributed by atoms with E-state index in [-0.39, 0.29) is 24.4 Å². The maximum absolute atomic E-state index is 6.70. The van der Waals surface area contributed by atoms with Gasteiger partial charge in [0.2, 0.25) is 0 Å². The van der Waals surface area contributed by atoms with E-state index in [1.807, 2.05) is 12.2 Å². The molecule has 0 saturated carbocycles. The van der Waals surface area contributed by atoms with Crippen molar-refractivity contribution in [1.29, 1.82) is 0 Å². The molecule has 0 bridgehead atoms. The van der Waals surface area contributed by atoms with Gasteiger partial charge in [0, 0.05) is 0 Å². The third-order valence-corrected chi connectivity index (χ3v) is 27.9. The quantitative estimate of drug-likeness (QED) is 0.0250. The number of ether oxygens (including phenoxy) is 8. The second kappa shape index (κ2) is 25.9. The molecule has 94 heavy (non-hydrogen) atoms. The van der Waals surface area contributed by atoms with Crippen LogP contribution in [0.25, 0.3) is 22.3 Å². The first-order valence-electron chi connectivity index (χ1n) is 34.2. The topological polar surface area (TPSA) is 87.0 Å². The van der Waals surface area contributed by atoms with Gasteiger partial charge in [0.05, 0.1) is 53.4 Å². The fourth-order valence-corrected chi connectivity index (χ4v) is 20.2. The second-order valence-electron chi connectivity index (χ2n) is 28.1. The highest BCUT2D eigenvalue weighted by Gasteiger charge is 2.48. The number of benzene rings is 9. The molecular weight excluding hydrogens is 1190 g/mol. The van der Waals surface area contributed by atoms with Crippen LogP contribution in [-0.4, -0.2) is 93.4 Å². The molecule has 478 valence electrons. The monoisotopic (exact) mass is 1280 g/mol. The molecule has 0 radical (unpaired) electrons. The zero-order valence-corrected chi connectivity index (χ0v) is 56.9. The van der Waals surface area contributed by atoms with Crippen LogP contribution in [0.1, 0.15) is 79.6 Å². The van der Waals surface area contributed by atoms with Gasteiger partial charge < -0.3 is 37.9 Å². The van der Waals surface area contributed by atoms with Gasteiger partial charge in [-0.1, -0.05) is 244 Å². The predicted molar refractivity (Wildman–Crippen MR) is 383 cm³/mol. The van der Waals surface area contributed by atoms with Crippen LogP contribution in [0.5, 0.6) is 23.0 Å². The van der Waals surface area contributed by atoms with Gasteiger partial charge in [-0.3, -0.25) is 0 Å². The summed E-state index contributed by atoms with van der Waals surface area (Å²) in [5.74, 6) is 3.68. The number of epoxide rings is 4. The molecule has 0 aromatic heterocycles. The van der Waals surface area contributed by atoms with E-state index in [4.69, 9.17) is 37.9 Å². The molecule has 4 unspecified atom stereocenters. The van der Waals surface area contributed by atoms with Crippen LogP contribution in [0.15, 0.2) is 219 Å². The Labute approximate surface area is 557 Å². The zero-order valence-electron chi connectivity index (χ0n) is 54.9. The van der Waals surface area contributed by atoms with Crippen molar-refractivity contribution >= 4 is 26.5 Å². The highest BCUT2D eigenvalue weighted by molar-refractivity contribution is 6.91. The second-order valence-corrected chi connectivity index (χ2v) is 37.8. The highest BCUT2D eigenvalue weighted by Crippen LogP contribution is 2.59. The molecule has 9 aromatic rings. The number of fused-ring (bicyclic) bond motifs is 6. The van der Waals surface area contributed by atoms with Crippen molar-refractivity contribution in [2.45, 2.75) is 112 Å². The summed E-state index contributed by atoms with van der Waals surface area (Å²) < 4.78 is 48.7. The van der Waals surface area contributed by atoms with Crippen molar-refractivity contribution in [3.05, 3.63) is 286 Å². The normalized spacial score (nSPS) is 18.9. The summed E-state index contributed by atoms with van der Waals surface area (Å²) in [5.41, 5.74) is 18.7. The molecule has 0 amide bonds. The number of rotatable bonds is 30. The van der Waals surface area contributed by atoms with Crippen LogP contribution in [0.4, 0.5) is 0 Å². The lowest BCUT2D eigenvalue weighted by Crippen LogP contribution is -2.45. The fourth-order valence-electron chi connectivity index (χ4n) is 15.4. The molecule has 4 saturated heterocycles. The fraction of sp³-hybridized carbons (Fsp3) is 0.310. The SMILES string of the molecule is C=CCc1cc(C2(c3ccc(OCC4CO4)c(CCC[Si](C)(C)c4ccc([Si](C)(C)CCCc5cc(C6(c7ccc(OCC8CO8)c(CC=C)c7)c7ccccc7-c7ccccc76)ccc5OCC5CO5)cc4)c3)c3ccccc3-c3ccccc32)ccc1OCC1CO1. The summed E-state index contributed by atoms with van der Waals surface area (Å²) in [6.07, 6.45) is 9.88. The van der Waals surface area contributed by atoms with Gasteiger partial charge in [0.1, 0.15) is 73.8 Å². The minimum absolute atomic E-state index is 0.149. The van der Waals surface area contributed by atoms with E-state index in [1.165, 1.54) is 88.3 Å². The van der Waals surface area contributed by atoms with Crippen molar-refractivity contribution in [2.75, 3.05) is 52.9 Å². The van der Waals surface area contributed by atoms with E-state index in [9.17, 15) is 0 Å². The van der Waals surface area contributed by atoms with Crippen LogP contribution in [0, 0.1) is 0 Å². The number of hydrogen-bond donors (Lipinski definition) is 0. The molecule has 9 aromatic carbocycles. The molecule has 10 heteroatoms. The number of allylic oxidation sites excluding steroid dienone is 2. The lowest BCUT2D eigenvalue weighted by Gasteiger charge is -2.35. The Morgan fingerprint density at radius 3 is 0.915 bits per heavy atom. The minimum Gasteiger partial charge on any atom is -0.491 e. The first-order chi connectivity index (χ1) is 45.9. The summed E-state index contributed by atoms with van der Waals surface area (Å²) in [5, 5.41) is 3.02. The molecule has 4 heterocycles. The maximum Gasteiger partial charge on any atom is 0.122 e.